The van der Waals surface area contributed by atoms with E-state index >= 15 is 0 Å². The van der Waals surface area contributed by atoms with Crippen LogP contribution in [0.25, 0.3) is 0 Å². The van der Waals surface area contributed by atoms with Crippen molar-refractivity contribution < 1.29 is 23.1 Å². The van der Waals surface area contributed by atoms with E-state index in [-0.39, 0.29) is 31.2 Å². The summed E-state index contributed by atoms with van der Waals surface area (Å²) >= 11 is 0. The molecule has 29 heavy (non-hydrogen) atoms. The van der Waals surface area contributed by atoms with Crippen LogP contribution >= 0.6 is 0 Å². The summed E-state index contributed by atoms with van der Waals surface area (Å²) in [4.78, 5) is 26.0. The van der Waals surface area contributed by atoms with Crippen LogP contribution in [0.4, 0.5) is 25.0 Å². The van der Waals surface area contributed by atoms with E-state index in [0.717, 1.165) is 0 Å². The maximum absolute atomic E-state index is 14.8. The van der Waals surface area contributed by atoms with E-state index in [1.54, 1.807) is 17.9 Å². The average Bonchev–Trinajstić information content (AvgIpc) is 3.06. The van der Waals surface area contributed by atoms with Crippen molar-refractivity contribution in [3.05, 3.63) is 35.2 Å². The summed E-state index contributed by atoms with van der Waals surface area (Å²) in [5.41, 5.74) is 1.41. The molecule has 0 radical (unpaired) electrons. The number of benzene rings is 1. The van der Waals surface area contributed by atoms with Gasteiger partial charge in [-0.3, -0.25) is 9.69 Å². The number of carbonyl (C=O) groups excluding carboxylic acids is 2. The summed E-state index contributed by atoms with van der Waals surface area (Å²) in [6.45, 7) is 3.69. The number of halogens is 2. The molecule has 2 saturated heterocycles. The van der Waals surface area contributed by atoms with Crippen LogP contribution in [-0.4, -0.2) is 50.5 Å². The molecule has 0 saturated carbocycles. The number of rotatable bonds is 4. The number of anilines is 2. The molecule has 2 aliphatic rings. The Morgan fingerprint density at radius 1 is 1.38 bits per heavy atom. The lowest BCUT2D eigenvalue weighted by atomic mass is 9.97. The number of amides is 2. The van der Waals surface area contributed by atoms with Gasteiger partial charge in [-0.1, -0.05) is 0 Å². The number of ether oxygens (including phenoxy) is 1. The molecule has 2 aliphatic heterocycles. The summed E-state index contributed by atoms with van der Waals surface area (Å²) in [5, 5.41) is 11.5. The zero-order valence-corrected chi connectivity index (χ0v) is 16.2. The summed E-state index contributed by atoms with van der Waals surface area (Å²) in [6.07, 6.45) is -2.11. The highest BCUT2D eigenvalue weighted by Crippen LogP contribution is 2.31. The van der Waals surface area contributed by atoms with Gasteiger partial charge in [-0.05, 0) is 37.1 Å². The quantitative estimate of drug-likeness (QED) is 0.780. The number of nitrogens with zero attached hydrogens (tertiary/aromatic N) is 3. The second kappa shape index (κ2) is 8.47. The van der Waals surface area contributed by atoms with Gasteiger partial charge in [0.05, 0.1) is 37.1 Å². The van der Waals surface area contributed by atoms with Crippen LogP contribution in [0.5, 0.6) is 0 Å². The molecule has 0 bridgehead atoms. The molecule has 1 aromatic carbocycles. The van der Waals surface area contributed by atoms with Crippen LogP contribution in [-0.2, 0) is 9.53 Å². The van der Waals surface area contributed by atoms with E-state index in [4.69, 9.17) is 10.00 Å². The predicted octanol–water partition coefficient (Wildman–Crippen LogP) is 2.68. The second-order valence-corrected chi connectivity index (χ2v) is 7.11. The van der Waals surface area contributed by atoms with Crippen LogP contribution in [0, 0.1) is 17.1 Å². The molecule has 7 nitrogen and oxygen atoms in total. The normalized spacial score (nSPS) is 23.5. The van der Waals surface area contributed by atoms with E-state index < -0.39 is 24.2 Å². The molecule has 154 valence electrons. The SMILES string of the molecule is CC(=O)NC[C@H]1CN(c2ccc(N3CCC(=C(C)C#N)C(F)C3)c(F)c2)C(=O)O1. The minimum atomic E-state index is -1.33. The van der Waals surface area contributed by atoms with Crippen LogP contribution in [0.1, 0.15) is 20.3 Å². The Hall–Kier alpha value is -3.15. The minimum absolute atomic E-state index is 0.0326. The zero-order chi connectivity index (χ0) is 21.1. The van der Waals surface area contributed by atoms with Gasteiger partial charge in [0.25, 0.3) is 0 Å². The summed E-state index contributed by atoms with van der Waals surface area (Å²) in [5.74, 6) is -0.803. The maximum Gasteiger partial charge on any atom is 0.414 e. The molecule has 3 rings (SSSR count). The topological polar surface area (TPSA) is 85.7 Å². The van der Waals surface area contributed by atoms with E-state index in [2.05, 4.69) is 5.32 Å². The number of carbonyl (C=O) groups is 2. The fourth-order valence-electron chi connectivity index (χ4n) is 3.54. The molecule has 0 aliphatic carbocycles. The lowest BCUT2D eigenvalue weighted by molar-refractivity contribution is -0.119. The third-order valence-corrected chi connectivity index (χ3v) is 5.10. The molecule has 0 aromatic heterocycles. The van der Waals surface area contributed by atoms with Crippen molar-refractivity contribution in [3.8, 4) is 6.07 Å². The number of nitriles is 1. The monoisotopic (exact) mass is 404 g/mol. The molecular weight excluding hydrogens is 382 g/mol. The first-order valence-electron chi connectivity index (χ1n) is 9.31. The van der Waals surface area contributed by atoms with Gasteiger partial charge in [-0.25, -0.2) is 13.6 Å². The number of hydrogen-bond acceptors (Lipinski definition) is 5. The first-order chi connectivity index (χ1) is 13.8. The molecule has 1 unspecified atom stereocenters. The maximum atomic E-state index is 14.8. The Bertz CT molecular complexity index is 896. The lowest BCUT2D eigenvalue weighted by Crippen LogP contribution is -2.39. The molecule has 0 spiro atoms. The van der Waals surface area contributed by atoms with Crippen molar-refractivity contribution in [1.82, 2.24) is 5.32 Å². The number of allylic oxidation sites excluding steroid dienone is 1. The van der Waals surface area contributed by atoms with Crippen molar-refractivity contribution in [2.75, 3.05) is 36.0 Å². The molecule has 1 aromatic rings. The Morgan fingerprint density at radius 3 is 2.76 bits per heavy atom. The van der Waals surface area contributed by atoms with Gasteiger partial charge in [0.2, 0.25) is 5.91 Å². The lowest BCUT2D eigenvalue weighted by Gasteiger charge is -2.33. The first kappa shape index (κ1) is 20.6. The second-order valence-electron chi connectivity index (χ2n) is 7.11. The summed E-state index contributed by atoms with van der Waals surface area (Å²) in [7, 11) is 0. The first-order valence-corrected chi connectivity index (χ1v) is 9.31. The van der Waals surface area contributed by atoms with Gasteiger partial charge in [0.1, 0.15) is 18.1 Å². The molecule has 2 fully saturated rings. The van der Waals surface area contributed by atoms with Gasteiger partial charge in [-0.2, -0.15) is 5.26 Å². The average molecular weight is 404 g/mol. The van der Waals surface area contributed by atoms with Crippen LogP contribution in [0.2, 0.25) is 0 Å². The largest absolute Gasteiger partial charge is 0.442 e. The summed E-state index contributed by atoms with van der Waals surface area (Å²) < 4.78 is 34.4. The highest BCUT2D eigenvalue weighted by Gasteiger charge is 2.33. The third-order valence-electron chi connectivity index (χ3n) is 5.10. The van der Waals surface area contributed by atoms with Crippen LogP contribution in [0.3, 0.4) is 0 Å². The van der Waals surface area contributed by atoms with E-state index in [1.165, 1.54) is 24.0 Å². The van der Waals surface area contributed by atoms with Crippen molar-refractivity contribution in [2.24, 2.45) is 0 Å². The minimum Gasteiger partial charge on any atom is -0.442 e. The number of piperidine rings is 1. The van der Waals surface area contributed by atoms with Crippen LogP contribution in [0.15, 0.2) is 29.3 Å². The number of cyclic esters (lactones) is 1. The predicted molar refractivity (Wildman–Crippen MR) is 103 cm³/mol. The zero-order valence-electron chi connectivity index (χ0n) is 16.2. The van der Waals surface area contributed by atoms with Crippen molar-refractivity contribution >= 4 is 23.4 Å². The van der Waals surface area contributed by atoms with Gasteiger partial charge < -0.3 is 15.0 Å². The molecule has 2 amide bonds. The molecule has 9 heteroatoms. The van der Waals surface area contributed by atoms with E-state index in [1.807, 2.05) is 6.07 Å². The van der Waals surface area contributed by atoms with Gasteiger partial charge in [0, 0.05) is 19.0 Å². The Kier molecular flexibility index (Phi) is 6.01. The molecule has 1 N–H and O–H groups in total. The van der Waals surface area contributed by atoms with Gasteiger partial charge in [0.15, 0.2) is 0 Å². The summed E-state index contributed by atoms with van der Waals surface area (Å²) in [6, 6.07) is 6.28. The molecule has 2 atom stereocenters. The Labute approximate surface area is 167 Å². The Balaban J connectivity index is 1.71. The fraction of sp³-hybridized carbons (Fsp3) is 0.450. The van der Waals surface area contributed by atoms with Crippen molar-refractivity contribution in [3.63, 3.8) is 0 Å². The highest BCUT2D eigenvalue weighted by atomic mass is 19.1. The smallest absolute Gasteiger partial charge is 0.414 e. The molecular formula is C20H22F2N4O3. The molecule has 2 heterocycles. The number of alkyl halides is 1. The van der Waals surface area contributed by atoms with Crippen molar-refractivity contribution in [1.29, 1.82) is 5.26 Å². The van der Waals surface area contributed by atoms with E-state index in [0.29, 0.717) is 29.8 Å². The van der Waals surface area contributed by atoms with Crippen molar-refractivity contribution in [2.45, 2.75) is 32.5 Å². The highest BCUT2D eigenvalue weighted by molar-refractivity contribution is 5.90. The standard InChI is InChI=1S/C20H22F2N4O3/c1-12(8-23)16-5-6-25(11-18(16)22)19-4-3-14(7-17(19)21)26-10-15(29-20(26)28)9-24-13(2)27/h3-4,7,15,18H,5-6,9-11H2,1-2H3,(H,24,27)/t15-,18?/m0/s1. The number of hydrogen-bond donors (Lipinski definition) is 1. The van der Waals surface area contributed by atoms with E-state index in [9.17, 15) is 18.4 Å². The van der Waals surface area contributed by atoms with Crippen LogP contribution < -0.4 is 15.1 Å². The fourth-order valence-corrected chi connectivity index (χ4v) is 3.54. The van der Waals surface area contributed by atoms with Gasteiger partial charge in [-0.15, -0.1) is 0 Å². The number of nitrogens with one attached hydrogen (secondary N) is 1. The third kappa shape index (κ3) is 4.47. The Morgan fingerprint density at radius 2 is 2.14 bits per heavy atom. The van der Waals surface area contributed by atoms with Gasteiger partial charge >= 0.3 is 6.09 Å².